The molecule has 0 bridgehead atoms. The summed E-state index contributed by atoms with van der Waals surface area (Å²) in [6, 6.07) is 7.13. The maximum Gasteiger partial charge on any atom is 0.243 e. The predicted molar refractivity (Wildman–Crippen MR) is 83.1 cm³/mol. The molecule has 0 aliphatic carbocycles. The van der Waals surface area contributed by atoms with Crippen molar-refractivity contribution in [2.24, 2.45) is 5.73 Å². The summed E-state index contributed by atoms with van der Waals surface area (Å²) >= 11 is 0. The minimum atomic E-state index is -3.39. The highest BCUT2D eigenvalue weighted by Crippen LogP contribution is 2.19. The van der Waals surface area contributed by atoms with Crippen LogP contribution in [-0.4, -0.2) is 31.9 Å². The van der Waals surface area contributed by atoms with E-state index in [1.54, 1.807) is 16.4 Å². The molecule has 0 spiro atoms. The van der Waals surface area contributed by atoms with E-state index in [-0.39, 0.29) is 6.04 Å². The smallest absolute Gasteiger partial charge is 0.243 e. The first-order chi connectivity index (χ1) is 9.43. The number of sulfonamides is 1. The molecule has 0 aromatic heterocycles. The molecular formula is C15H26N2O2S. The van der Waals surface area contributed by atoms with Gasteiger partial charge in [0, 0.05) is 12.6 Å². The predicted octanol–water partition coefficient (Wildman–Crippen LogP) is 2.39. The summed E-state index contributed by atoms with van der Waals surface area (Å²) in [5, 5.41) is 0. The molecule has 5 heteroatoms. The van der Waals surface area contributed by atoms with E-state index in [2.05, 4.69) is 0 Å². The molecule has 0 fully saturated rings. The van der Waals surface area contributed by atoms with Gasteiger partial charge in [-0.25, -0.2) is 8.42 Å². The molecule has 2 N–H and O–H groups in total. The summed E-state index contributed by atoms with van der Waals surface area (Å²) < 4.78 is 26.7. The molecular weight excluding hydrogens is 272 g/mol. The Morgan fingerprint density at radius 3 is 2.25 bits per heavy atom. The van der Waals surface area contributed by atoms with Gasteiger partial charge in [-0.05, 0) is 57.4 Å². The maximum absolute atomic E-state index is 12.6. The van der Waals surface area contributed by atoms with Crippen LogP contribution < -0.4 is 5.73 Å². The largest absolute Gasteiger partial charge is 0.330 e. The Balaban J connectivity index is 2.96. The van der Waals surface area contributed by atoms with E-state index in [0.29, 0.717) is 18.0 Å². The zero-order valence-electron chi connectivity index (χ0n) is 12.7. The summed E-state index contributed by atoms with van der Waals surface area (Å²) in [6.07, 6.45) is 2.62. The first-order valence-corrected chi connectivity index (χ1v) is 8.68. The van der Waals surface area contributed by atoms with Crippen molar-refractivity contribution in [3.63, 3.8) is 0 Å². The SMILES string of the molecule is CCCN(C(C)C)S(=O)(=O)c1ccc(CCCN)cc1. The highest BCUT2D eigenvalue weighted by molar-refractivity contribution is 7.89. The van der Waals surface area contributed by atoms with Crippen LogP contribution in [0.4, 0.5) is 0 Å². The van der Waals surface area contributed by atoms with Crippen molar-refractivity contribution < 1.29 is 8.42 Å². The topological polar surface area (TPSA) is 63.4 Å². The van der Waals surface area contributed by atoms with E-state index >= 15 is 0 Å². The molecule has 4 nitrogen and oxygen atoms in total. The second-order valence-electron chi connectivity index (χ2n) is 5.25. The average molecular weight is 298 g/mol. The molecule has 0 aliphatic heterocycles. The normalized spacial score (nSPS) is 12.3. The molecule has 0 atom stereocenters. The lowest BCUT2D eigenvalue weighted by atomic mass is 10.1. The van der Waals surface area contributed by atoms with Crippen molar-refractivity contribution in [3.05, 3.63) is 29.8 Å². The first kappa shape index (κ1) is 17.1. The fraction of sp³-hybridized carbons (Fsp3) is 0.600. The van der Waals surface area contributed by atoms with E-state index in [0.717, 1.165) is 24.8 Å². The van der Waals surface area contributed by atoms with E-state index in [1.165, 1.54) is 0 Å². The Labute approximate surface area is 123 Å². The van der Waals surface area contributed by atoms with Crippen molar-refractivity contribution in [3.8, 4) is 0 Å². The molecule has 0 radical (unpaired) electrons. The number of hydrogen-bond donors (Lipinski definition) is 1. The number of nitrogens with zero attached hydrogens (tertiary/aromatic N) is 1. The van der Waals surface area contributed by atoms with Gasteiger partial charge in [0.05, 0.1) is 4.90 Å². The number of nitrogens with two attached hydrogens (primary N) is 1. The highest BCUT2D eigenvalue weighted by Gasteiger charge is 2.25. The molecule has 1 aromatic rings. The van der Waals surface area contributed by atoms with Crippen molar-refractivity contribution in [2.75, 3.05) is 13.1 Å². The third-order valence-corrected chi connectivity index (χ3v) is 5.31. The van der Waals surface area contributed by atoms with Crippen LogP contribution in [-0.2, 0) is 16.4 Å². The molecule has 0 saturated heterocycles. The van der Waals surface area contributed by atoms with Gasteiger partial charge in [-0.2, -0.15) is 4.31 Å². The van der Waals surface area contributed by atoms with Crippen molar-refractivity contribution >= 4 is 10.0 Å². The standard InChI is InChI=1S/C15H26N2O2S/c1-4-12-17(13(2)3)20(18,19)15-9-7-14(8-10-15)6-5-11-16/h7-10,13H,4-6,11-12,16H2,1-3H3. The van der Waals surface area contributed by atoms with Crippen molar-refractivity contribution in [2.45, 2.75) is 51.0 Å². The second kappa shape index (κ2) is 7.76. The van der Waals surface area contributed by atoms with E-state index in [1.807, 2.05) is 32.9 Å². The Hall–Kier alpha value is -0.910. The summed E-state index contributed by atoms with van der Waals surface area (Å²) in [5.74, 6) is 0. The minimum absolute atomic E-state index is 0.0307. The van der Waals surface area contributed by atoms with Crippen LogP contribution in [0.3, 0.4) is 0 Å². The minimum Gasteiger partial charge on any atom is -0.330 e. The molecule has 0 heterocycles. The quantitative estimate of drug-likeness (QED) is 0.801. The summed E-state index contributed by atoms with van der Waals surface area (Å²) in [4.78, 5) is 0.371. The van der Waals surface area contributed by atoms with Gasteiger partial charge in [-0.3, -0.25) is 0 Å². The zero-order chi connectivity index (χ0) is 15.2. The lowest BCUT2D eigenvalue weighted by Gasteiger charge is -2.25. The fourth-order valence-corrected chi connectivity index (χ4v) is 3.87. The molecule has 0 saturated carbocycles. The third-order valence-electron chi connectivity index (χ3n) is 3.22. The lowest BCUT2D eigenvalue weighted by Crippen LogP contribution is -2.37. The van der Waals surface area contributed by atoms with Gasteiger partial charge >= 0.3 is 0 Å². The van der Waals surface area contributed by atoms with E-state index in [4.69, 9.17) is 5.73 Å². The third kappa shape index (κ3) is 4.30. The van der Waals surface area contributed by atoms with Crippen LogP contribution in [0.5, 0.6) is 0 Å². The maximum atomic E-state index is 12.6. The average Bonchev–Trinajstić information content (AvgIpc) is 2.42. The van der Waals surface area contributed by atoms with Crippen molar-refractivity contribution in [1.82, 2.24) is 4.31 Å². The Kier molecular flexibility index (Phi) is 6.65. The van der Waals surface area contributed by atoms with Crippen LogP contribution in [0.1, 0.15) is 39.2 Å². The van der Waals surface area contributed by atoms with Crippen LogP contribution in [0.2, 0.25) is 0 Å². The number of aryl methyl sites for hydroxylation is 1. The second-order valence-corrected chi connectivity index (χ2v) is 7.14. The van der Waals surface area contributed by atoms with Gasteiger partial charge < -0.3 is 5.73 Å². The molecule has 1 rings (SSSR count). The van der Waals surface area contributed by atoms with Crippen LogP contribution >= 0.6 is 0 Å². The number of rotatable bonds is 8. The zero-order valence-corrected chi connectivity index (χ0v) is 13.5. The Bertz CT molecular complexity index is 495. The summed E-state index contributed by atoms with van der Waals surface area (Å²) in [7, 11) is -3.39. The first-order valence-electron chi connectivity index (χ1n) is 7.24. The number of benzene rings is 1. The molecule has 20 heavy (non-hydrogen) atoms. The van der Waals surface area contributed by atoms with Crippen LogP contribution in [0, 0.1) is 0 Å². The molecule has 0 aliphatic rings. The van der Waals surface area contributed by atoms with E-state index in [9.17, 15) is 8.42 Å². The van der Waals surface area contributed by atoms with Gasteiger partial charge in [0.1, 0.15) is 0 Å². The van der Waals surface area contributed by atoms with Gasteiger partial charge in [0.15, 0.2) is 0 Å². The Morgan fingerprint density at radius 2 is 1.80 bits per heavy atom. The molecule has 0 unspecified atom stereocenters. The van der Waals surface area contributed by atoms with Gasteiger partial charge in [-0.15, -0.1) is 0 Å². The monoisotopic (exact) mass is 298 g/mol. The highest BCUT2D eigenvalue weighted by atomic mass is 32.2. The number of hydrogen-bond acceptors (Lipinski definition) is 3. The lowest BCUT2D eigenvalue weighted by molar-refractivity contribution is 0.354. The summed E-state index contributed by atoms with van der Waals surface area (Å²) in [5.41, 5.74) is 6.61. The van der Waals surface area contributed by atoms with Crippen LogP contribution in [0.25, 0.3) is 0 Å². The van der Waals surface area contributed by atoms with E-state index < -0.39 is 10.0 Å². The van der Waals surface area contributed by atoms with Gasteiger partial charge in [-0.1, -0.05) is 19.1 Å². The Morgan fingerprint density at radius 1 is 1.20 bits per heavy atom. The van der Waals surface area contributed by atoms with Crippen LogP contribution in [0.15, 0.2) is 29.2 Å². The summed E-state index contributed by atoms with van der Waals surface area (Å²) in [6.45, 7) is 7.00. The van der Waals surface area contributed by atoms with Gasteiger partial charge in [0.25, 0.3) is 0 Å². The van der Waals surface area contributed by atoms with Crippen molar-refractivity contribution in [1.29, 1.82) is 0 Å². The van der Waals surface area contributed by atoms with Gasteiger partial charge in [0.2, 0.25) is 10.0 Å². The molecule has 1 aromatic carbocycles. The fourth-order valence-electron chi connectivity index (χ4n) is 2.15. The molecule has 114 valence electrons. The molecule has 0 amide bonds.